The zero-order chi connectivity index (χ0) is 12.0. The molecule has 0 aliphatic rings. The summed E-state index contributed by atoms with van der Waals surface area (Å²) in [6.07, 6.45) is -2.97. The molecule has 16 heavy (non-hydrogen) atoms. The third-order valence-corrected chi connectivity index (χ3v) is 2.14. The zero-order valence-corrected chi connectivity index (χ0v) is 9.16. The van der Waals surface area contributed by atoms with Crippen LogP contribution in [-0.4, -0.2) is 24.4 Å². The summed E-state index contributed by atoms with van der Waals surface area (Å²) >= 11 is 5.55. The molecule has 0 aromatic heterocycles. The highest BCUT2D eigenvalue weighted by Gasteiger charge is 2.15. The van der Waals surface area contributed by atoms with Crippen molar-refractivity contribution in [2.75, 3.05) is 6.61 Å². The number of benzene rings is 1. The topological polar surface area (TPSA) is 26.3 Å². The van der Waals surface area contributed by atoms with Crippen LogP contribution in [0.1, 0.15) is 16.8 Å². The van der Waals surface area contributed by atoms with Crippen LogP contribution in [0.3, 0.4) is 0 Å². The number of alkyl halides is 3. The molecule has 1 unspecified atom stereocenters. The Morgan fingerprint density at radius 2 is 1.94 bits per heavy atom. The molecule has 0 heterocycles. The van der Waals surface area contributed by atoms with Crippen molar-refractivity contribution >= 4 is 17.6 Å². The summed E-state index contributed by atoms with van der Waals surface area (Å²) in [6.45, 7) is -0.209. The molecule has 0 saturated carbocycles. The molecular formula is C11H11ClF2O2. The van der Waals surface area contributed by atoms with E-state index in [1.807, 2.05) is 0 Å². The van der Waals surface area contributed by atoms with E-state index < -0.39 is 24.2 Å². The Hall–Kier alpha value is -1.16. The van der Waals surface area contributed by atoms with Crippen LogP contribution in [0.25, 0.3) is 0 Å². The number of carbonyl (C=O) groups excluding carboxylic acids is 1. The van der Waals surface area contributed by atoms with Crippen molar-refractivity contribution in [1.29, 1.82) is 0 Å². The first kappa shape index (κ1) is 12.9. The van der Waals surface area contributed by atoms with E-state index in [4.69, 9.17) is 16.3 Å². The van der Waals surface area contributed by atoms with Crippen LogP contribution in [0.2, 0.25) is 0 Å². The molecule has 0 bridgehead atoms. The van der Waals surface area contributed by atoms with E-state index in [0.29, 0.717) is 5.56 Å². The van der Waals surface area contributed by atoms with Gasteiger partial charge in [-0.25, -0.2) is 13.6 Å². The molecule has 1 aromatic rings. The Morgan fingerprint density at radius 3 is 2.50 bits per heavy atom. The number of hydrogen-bond acceptors (Lipinski definition) is 2. The highest BCUT2D eigenvalue weighted by atomic mass is 35.5. The molecule has 1 atom stereocenters. The Bertz CT molecular complexity index is 330. The number of halogens is 3. The van der Waals surface area contributed by atoms with Crippen molar-refractivity contribution in [2.45, 2.75) is 18.2 Å². The smallest absolute Gasteiger partial charge is 0.338 e. The van der Waals surface area contributed by atoms with Gasteiger partial charge < -0.3 is 4.74 Å². The molecule has 88 valence electrons. The fourth-order valence-electron chi connectivity index (χ4n) is 1.09. The SMILES string of the molecule is O=C(OCC(Cl)CC(F)F)c1ccccc1. The molecule has 0 saturated heterocycles. The zero-order valence-electron chi connectivity index (χ0n) is 8.41. The molecule has 1 aromatic carbocycles. The molecule has 0 fully saturated rings. The molecule has 0 aliphatic carbocycles. The second kappa shape index (κ2) is 6.43. The summed E-state index contributed by atoms with van der Waals surface area (Å²) < 4.78 is 28.6. The monoisotopic (exact) mass is 248 g/mol. The molecule has 0 N–H and O–H groups in total. The van der Waals surface area contributed by atoms with Gasteiger partial charge >= 0.3 is 5.97 Å². The summed E-state index contributed by atoms with van der Waals surface area (Å²) in [6, 6.07) is 8.30. The summed E-state index contributed by atoms with van der Waals surface area (Å²) in [4.78, 5) is 11.4. The number of rotatable bonds is 5. The first-order valence-electron chi connectivity index (χ1n) is 4.74. The van der Waals surface area contributed by atoms with Crippen molar-refractivity contribution in [1.82, 2.24) is 0 Å². The Labute approximate surface area is 97.2 Å². The van der Waals surface area contributed by atoms with E-state index >= 15 is 0 Å². The molecule has 5 heteroatoms. The average molecular weight is 249 g/mol. The van der Waals surface area contributed by atoms with E-state index in [1.54, 1.807) is 30.3 Å². The van der Waals surface area contributed by atoms with Gasteiger partial charge in [0.1, 0.15) is 6.61 Å². The minimum Gasteiger partial charge on any atom is -0.461 e. The van der Waals surface area contributed by atoms with Gasteiger partial charge in [0.2, 0.25) is 6.43 Å². The van der Waals surface area contributed by atoms with Crippen molar-refractivity contribution < 1.29 is 18.3 Å². The van der Waals surface area contributed by atoms with Crippen molar-refractivity contribution in [3.8, 4) is 0 Å². The first-order chi connectivity index (χ1) is 7.59. The lowest BCUT2D eigenvalue weighted by molar-refractivity contribution is 0.0471. The molecule has 0 spiro atoms. The van der Waals surface area contributed by atoms with Crippen LogP contribution < -0.4 is 0 Å². The van der Waals surface area contributed by atoms with Gasteiger partial charge in [-0.05, 0) is 12.1 Å². The molecule has 1 rings (SSSR count). The molecule has 0 radical (unpaired) electrons. The van der Waals surface area contributed by atoms with Crippen molar-refractivity contribution in [2.24, 2.45) is 0 Å². The molecule has 2 nitrogen and oxygen atoms in total. The van der Waals surface area contributed by atoms with Crippen LogP contribution in [0.5, 0.6) is 0 Å². The predicted molar refractivity (Wildman–Crippen MR) is 57.0 cm³/mol. The summed E-state index contributed by atoms with van der Waals surface area (Å²) in [5.41, 5.74) is 0.378. The largest absolute Gasteiger partial charge is 0.461 e. The maximum atomic E-state index is 11.9. The first-order valence-corrected chi connectivity index (χ1v) is 5.17. The fraction of sp³-hybridized carbons (Fsp3) is 0.364. The average Bonchev–Trinajstić information content (AvgIpc) is 2.26. The van der Waals surface area contributed by atoms with E-state index in [9.17, 15) is 13.6 Å². The summed E-state index contributed by atoms with van der Waals surface area (Å²) in [7, 11) is 0. The second-order valence-electron chi connectivity index (χ2n) is 3.19. The molecule has 0 amide bonds. The van der Waals surface area contributed by atoms with Gasteiger partial charge in [0.05, 0.1) is 10.9 Å². The standard InChI is InChI=1S/C11H11ClF2O2/c12-9(6-10(13)14)7-16-11(15)8-4-2-1-3-5-8/h1-5,9-10H,6-7H2. The number of ether oxygens (including phenoxy) is 1. The van der Waals surface area contributed by atoms with Crippen LogP contribution in [0.15, 0.2) is 30.3 Å². The van der Waals surface area contributed by atoms with Crippen LogP contribution in [0, 0.1) is 0 Å². The second-order valence-corrected chi connectivity index (χ2v) is 3.81. The Balaban J connectivity index is 2.36. The van der Waals surface area contributed by atoms with Crippen LogP contribution >= 0.6 is 11.6 Å². The number of esters is 1. The van der Waals surface area contributed by atoms with Crippen LogP contribution in [-0.2, 0) is 4.74 Å². The number of carbonyl (C=O) groups is 1. The van der Waals surface area contributed by atoms with Gasteiger partial charge in [0, 0.05) is 6.42 Å². The van der Waals surface area contributed by atoms with E-state index in [2.05, 4.69) is 0 Å². The summed E-state index contributed by atoms with van der Waals surface area (Å²) in [5, 5.41) is -0.854. The van der Waals surface area contributed by atoms with E-state index in [0.717, 1.165) is 0 Å². The lowest BCUT2D eigenvalue weighted by Gasteiger charge is -2.09. The highest BCUT2D eigenvalue weighted by molar-refractivity contribution is 6.20. The lowest BCUT2D eigenvalue weighted by Crippen LogP contribution is -2.16. The van der Waals surface area contributed by atoms with E-state index in [-0.39, 0.29) is 6.61 Å². The van der Waals surface area contributed by atoms with Gasteiger partial charge in [0.25, 0.3) is 0 Å². The fourth-order valence-corrected chi connectivity index (χ4v) is 1.28. The van der Waals surface area contributed by atoms with Crippen molar-refractivity contribution in [3.05, 3.63) is 35.9 Å². The van der Waals surface area contributed by atoms with Gasteiger partial charge in [-0.3, -0.25) is 0 Å². The lowest BCUT2D eigenvalue weighted by atomic mass is 10.2. The predicted octanol–water partition coefficient (Wildman–Crippen LogP) is 3.11. The number of hydrogen-bond donors (Lipinski definition) is 0. The highest BCUT2D eigenvalue weighted by Crippen LogP contribution is 2.11. The Kier molecular flexibility index (Phi) is 5.19. The quantitative estimate of drug-likeness (QED) is 0.591. The summed E-state index contributed by atoms with van der Waals surface area (Å²) in [5.74, 6) is -0.555. The molecular weight excluding hydrogens is 238 g/mol. The maximum absolute atomic E-state index is 11.9. The third kappa shape index (κ3) is 4.57. The Morgan fingerprint density at radius 1 is 1.31 bits per heavy atom. The van der Waals surface area contributed by atoms with Crippen molar-refractivity contribution in [3.63, 3.8) is 0 Å². The third-order valence-electron chi connectivity index (χ3n) is 1.84. The van der Waals surface area contributed by atoms with Crippen LogP contribution in [0.4, 0.5) is 8.78 Å². The molecule has 0 aliphatic heterocycles. The maximum Gasteiger partial charge on any atom is 0.338 e. The normalized spacial score (nSPS) is 12.5. The van der Waals surface area contributed by atoms with Gasteiger partial charge in [0.15, 0.2) is 0 Å². The van der Waals surface area contributed by atoms with Gasteiger partial charge in [-0.1, -0.05) is 18.2 Å². The van der Waals surface area contributed by atoms with E-state index in [1.165, 1.54) is 0 Å². The van der Waals surface area contributed by atoms with Gasteiger partial charge in [-0.15, -0.1) is 11.6 Å². The minimum absolute atomic E-state index is 0.209. The minimum atomic E-state index is -2.49. The van der Waals surface area contributed by atoms with Gasteiger partial charge in [-0.2, -0.15) is 0 Å².